The molecule has 108 valence electrons. The lowest BCUT2D eigenvalue weighted by atomic mass is 9.97. The Bertz CT molecular complexity index is 382. The van der Waals surface area contributed by atoms with E-state index in [1.165, 1.54) is 0 Å². The quantitative estimate of drug-likeness (QED) is 0.746. The fraction of sp³-hybridized carbons (Fsp3) is 0.600. The molecule has 0 aliphatic carbocycles. The van der Waals surface area contributed by atoms with Crippen molar-refractivity contribution in [2.24, 2.45) is 11.7 Å². The Labute approximate surface area is 121 Å². The molecular weight excluding hydrogens is 262 g/mol. The zero-order chi connectivity index (χ0) is 14.3. The Balaban J connectivity index is 2.60. The van der Waals surface area contributed by atoms with Gasteiger partial charge >= 0.3 is 0 Å². The van der Waals surface area contributed by atoms with Gasteiger partial charge in [-0.25, -0.2) is 0 Å². The number of nitrogens with two attached hydrogens (primary N) is 1. The predicted octanol–water partition coefficient (Wildman–Crippen LogP) is 3.28. The minimum absolute atomic E-state index is 0.155. The van der Waals surface area contributed by atoms with Crippen molar-refractivity contribution < 1.29 is 9.47 Å². The molecule has 0 fully saturated rings. The molecule has 0 bridgehead atoms. The van der Waals surface area contributed by atoms with Crippen molar-refractivity contribution >= 4 is 11.6 Å². The van der Waals surface area contributed by atoms with Crippen molar-refractivity contribution in [1.82, 2.24) is 0 Å². The molecule has 0 saturated heterocycles. The summed E-state index contributed by atoms with van der Waals surface area (Å²) < 4.78 is 10.7. The number of benzene rings is 1. The Morgan fingerprint density at radius 1 is 1.26 bits per heavy atom. The molecule has 0 aliphatic rings. The highest BCUT2D eigenvalue weighted by atomic mass is 35.5. The summed E-state index contributed by atoms with van der Waals surface area (Å²) in [5, 5.41) is 0.638. The molecule has 1 aromatic rings. The molecule has 1 unspecified atom stereocenters. The summed E-state index contributed by atoms with van der Waals surface area (Å²) in [4.78, 5) is 0. The van der Waals surface area contributed by atoms with Crippen LogP contribution in [0.2, 0.25) is 5.02 Å². The summed E-state index contributed by atoms with van der Waals surface area (Å²) in [7, 11) is 1.68. The molecule has 0 amide bonds. The molecule has 0 radical (unpaired) electrons. The van der Waals surface area contributed by atoms with Crippen LogP contribution in [0.4, 0.5) is 0 Å². The van der Waals surface area contributed by atoms with Gasteiger partial charge in [0.25, 0.3) is 0 Å². The standard InChI is InChI=1S/C15H24ClNO2/c1-11(2)14(17)9-12-5-6-13(16)15(10-12)19-8-4-7-18-3/h5-6,10-11,14H,4,7-9,17H2,1-3H3. The summed E-state index contributed by atoms with van der Waals surface area (Å²) >= 11 is 6.12. The number of halogens is 1. The van der Waals surface area contributed by atoms with Gasteiger partial charge < -0.3 is 15.2 Å². The summed E-state index contributed by atoms with van der Waals surface area (Å²) in [5.41, 5.74) is 7.25. The third-order valence-corrected chi connectivity index (χ3v) is 3.39. The van der Waals surface area contributed by atoms with E-state index < -0.39 is 0 Å². The first kappa shape index (κ1) is 16.3. The molecule has 0 heterocycles. The van der Waals surface area contributed by atoms with Crippen LogP contribution in [0.15, 0.2) is 18.2 Å². The number of hydrogen-bond acceptors (Lipinski definition) is 3. The molecule has 0 saturated carbocycles. The lowest BCUT2D eigenvalue weighted by Crippen LogP contribution is -2.28. The Kier molecular flexibility index (Phi) is 7.21. The van der Waals surface area contributed by atoms with Gasteiger partial charge in [-0.1, -0.05) is 31.5 Å². The molecular formula is C15H24ClNO2. The summed E-state index contributed by atoms with van der Waals surface area (Å²) in [6.07, 6.45) is 1.69. The van der Waals surface area contributed by atoms with Crippen molar-refractivity contribution in [1.29, 1.82) is 0 Å². The normalized spacial score (nSPS) is 12.7. The van der Waals surface area contributed by atoms with Crippen molar-refractivity contribution in [2.45, 2.75) is 32.7 Å². The van der Waals surface area contributed by atoms with Crippen LogP contribution in [-0.4, -0.2) is 26.4 Å². The van der Waals surface area contributed by atoms with E-state index in [1.54, 1.807) is 7.11 Å². The summed E-state index contributed by atoms with van der Waals surface area (Å²) in [5.74, 6) is 1.19. The van der Waals surface area contributed by atoms with Crippen LogP contribution >= 0.6 is 11.6 Å². The molecule has 2 N–H and O–H groups in total. The maximum absolute atomic E-state index is 6.12. The number of rotatable bonds is 8. The number of hydrogen-bond donors (Lipinski definition) is 1. The van der Waals surface area contributed by atoms with Crippen LogP contribution < -0.4 is 10.5 Å². The van der Waals surface area contributed by atoms with Crippen molar-refractivity contribution in [2.75, 3.05) is 20.3 Å². The summed E-state index contributed by atoms with van der Waals surface area (Å²) in [6.45, 7) is 5.55. The molecule has 0 spiro atoms. The lowest BCUT2D eigenvalue weighted by molar-refractivity contribution is 0.172. The monoisotopic (exact) mass is 285 g/mol. The average Bonchev–Trinajstić information content (AvgIpc) is 2.38. The fourth-order valence-electron chi connectivity index (χ4n) is 1.68. The molecule has 1 aromatic carbocycles. The van der Waals surface area contributed by atoms with Crippen LogP contribution in [-0.2, 0) is 11.2 Å². The van der Waals surface area contributed by atoms with Gasteiger partial charge in [-0.2, -0.15) is 0 Å². The second kappa shape index (κ2) is 8.41. The second-order valence-electron chi connectivity index (χ2n) is 5.07. The van der Waals surface area contributed by atoms with E-state index in [2.05, 4.69) is 13.8 Å². The summed E-state index contributed by atoms with van der Waals surface area (Å²) in [6, 6.07) is 6.02. The molecule has 0 aliphatic heterocycles. The van der Waals surface area contributed by atoms with E-state index in [1.807, 2.05) is 18.2 Å². The topological polar surface area (TPSA) is 44.5 Å². The Morgan fingerprint density at radius 2 is 2.00 bits per heavy atom. The number of methoxy groups -OCH3 is 1. The molecule has 3 nitrogen and oxygen atoms in total. The minimum atomic E-state index is 0.155. The van der Waals surface area contributed by atoms with Crippen LogP contribution in [0, 0.1) is 5.92 Å². The van der Waals surface area contributed by atoms with E-state index in [4.69, 9.17) is 26.8 Å². The van der Waals surface area contributed by atoms with Crippen LogP contribution in [0.5, 0.6) is 5.75 Å². The second-order valence-corrected chi connectivity index (χ2v) is 5.48. The van der Waals surface area contributed by atoms with Gasteiger partial charge in [0.15, 0.2) is 0 Å². The van der Waals surface area contributed by atoms with Gasteiger partial charge in [-0.05, 0) is 30.0 Å². The predicted molar refractivity (Wildman–Crippen MR) is 80.0 cm³/mol. The van der Waals surface area contributed by atoms with E-state index in [9.17, 15) is 0 Å². The van der Waals surface area contributed by atoms with Gasteiger partial charge in [-0.3, -0.25) is 0 Å². The van der Waals surface area contributed by atoms with Gasteiger partial charge in [0.05, 0.1) is 11.6 Å². The van der Waals surface area contributed by atoms with E-state index >= 15 is 0 Å². The van der Waals surface area contributed by atoms with Crippen LogP contribution in [0.3, 0.4) is 0 Å². The zero-order valence-electron chi connectivity index (χ0n) is 12.0. The molecule has 19 heavy (non-hydrogen) atoms. The maximum Gasteiger partial charge on any atom is 0.138 e. The van der Waals surface area contributed by atoms with Gasteiger partial charge in [-0.15, -0.1) is 0 Å². The first-order valence-corrected chi connectivity index (χ1v) is 7.08. The van der Waals surface area contributed by atoms with Crippen LogP contribution in [0.25, 0.3) is 0 Å². The van der Waals surface area contributed by atoms with E-state index in [-0.39, 0.29) is 6.04 Å². The van der Waals surface area contributed by atoms with Crippen molar-refractivity contribution in [3.8, 4) is 5.75 Å². The third-order valence-electron chi connectivity index (χ3n) is 3.07. The molecule has 0 aromatic heterocycles. The lowest BCUT2D eigenvalue weighted by Gasteiger charge is -2.16. The SMILES string of the molecule is COCCCOc1cc(CC(N)C(C)C)ccc1Cl. The highest BCUT2D eigenvalue weighted by molar-refractivity contribution is 6.32. The first-order valence-electron chi connectivity index (χ1n) is 6.70. The van der Waals surface area contributed by atoms with Gasteiger partial charge in [0.1, 0.15) is 5.75 Å². The largest absolute Gasteiger partial charge is 0.492 e. The molecule has 4 heteroatoms. The zero-order valence-corrected chi connectivity index (χ0v) is 12.7. The van der Waals surface area contributed by atoms with E-state index in [0.717, 1.165) is 24.2 Å². The van der Waals surface area contributed by atoms with Gasteiger partial charge in [0, 0.05) is 26.2 Å². The highest BCUT2D eigenvalue weighted by Crippen LogP contribution is 2.26. The highest BCUT2D eigenvalue weighted by Gasteiger charge is 2.10. The van der Waals surface area contributed by atoms with E-state index in [0.29, 0.717) is 24.2 Å². The van der Waals surface area contributed by atoms with Gasteiger partial charge in [0.2, 0.25) is 0 Å². The van der Waals surface area contributed by atoms with Crippen LogP contribution in [0.1, 0.15) is 25.8 Å². The Hall–Kier alpha value is -0.770. The average molecular weight is 286 g/mol. The minimum Gasteiger partial charge on any atom is -0.492 e. The third kappa shape index (κ3) is 5.81. The van der Waals surface area contributed by atoms with Crippen molar-refractivity contribution in [3.63, 3.8) is 0 Å². The molecule has 1 rings (SSSR count). The first-order chi connectivity index (χ1) is 9.04. The fourth-order valence-corrected chi connectivity index (χ4v) is 1.85. The smallest absolute Gasteiger partial charge is 0.138 e. The molecule has 1 atom stereocenters. The Morgan fingerprint density at radius 3 is 2.63 bits per heavy atom. The maximum atomic E-state index is 6.12. The number of ether oxygens (including phenoxy) is 2. The van der Waals surface area contributed by atoms with Crippen molar-refractivity contribution in [3.05, 3.63) is 28.8 Å².